The van der Waals surface area contributed by atoms with Gasteiger partial charge in [0, 0.05) is 32.6 Å². The minimum absolute atomic E-state index is 0.197. The molecule has 0 atom stereocenters. The van der Waals surface area contributed by atoms with E-state index in [1.807, 2.05) is 0 Å². The lowest BCUT2D eigenvalue weighted by atomic mass is 9.95. The Morgan fingerprint density at radius 1 is 1.25 bits per heavy atom. The van der Waals surface area contributed by atoms with Gasteiger partial charge >= 0.3 is 0 Å². The van der Waals surface area contributed by atoms with Crippen LogP contribution in [-0.2, 0) is 14.8 Å². The van der Waals surface area contributed by atoms with Crippen LogP contribution in [0.3, 0.4) is 0 Å². The molecule has 0 aliphatic carbocycles. The SMILES string of the molecule is O=S(=O)(NCC1(O)CCOCC1)c1ccc(F)c(F)c1. The average Bonchev–Trinajstić information content (AvgIpc) is 2.41. The van der Waals surface area contributed by atoms with Crippen LogP contribution in [0.4, 0.5) is 8.78 Å². The number of nitrogens with one attached hydrogen (secondary N) is 1. The Balaban J connectivity index is 2.09. The van der Waals surface area contributed by atoms with Gasteiger partial charge in [0.2, 0.25) is 10.0 Å². The van der Waals surface area contributed by atoms with Gasteiger partial charge in [-0.3, -0.25) is 0 Å². The Labute approximate surface area is 115 Å². The molecule has 1 aliphatic heterocycles. The van der Waals surface area contributed by atoms with Crippen molar-refractivity contribution in [2.24, 2.45) is 0 Å². The highest BCUT2D eigenvalue weighted by molar-refractivity contribution is 7.89. The van der Waals surface area contributed by atoms with Crippen LogP contribution in [0, 0.1) is 11.6 Å². The predicted molar refractivity (Wildman–Crippen MR) is 66.5 cm³/mol. The second-order valence-electron chi connectivity index (χ2n) is 4.74. The van der Waals surface area contributed by atoms with Crippen molar-refractivity contribution in [2.45, 2.75) is 23.3 Å². The fraction of sp³-hybridized carbons (Fsp3) is 0.500. The van der Waals surface area contributed by atoms with Crippen LogP contribution < -0.4 is 4.72 Å². The fourth-order valence-corrected chi connectivity index (χ4v) is 3.02. The topological polar surface area (TPSA) is 75.6 Å². The lowest BCUT2D eigenvalue weighted by molar-refractivity contribution is -0.0588. The standard InChI is InChI=1S/C12H15F2NO4S/c13-10-2-1-9(7-11(10)14)20(17,18)15-8-12(16)3-5-19-6-4-12/h1-2,7,15-16H,3-6,8H2. The summed E-state index contributed by atoms with van der Waals surface area (Å²) in [5.41, 5.74) is -1.18. The second-order valence-corrected chi connectivity index (χ2v) is 6.50. The third-order valence-corrected chi connectivity index (χ3v) is 4.62. The number of benzene rings is 1. The van der Waals surface area contributed by atoms with Gasteiger partial charge in [0.05, 0.1) is 10.5 Å². The zero-order chi connectivity index (χ0) is 14.8. The summed E-state index contributed by atoms with van der Waals surface area (Å²) in [6, 6.07) is 2.31. The summed E-state index contributed by atoms with van der Waals surface area (Å²) >= 11 is 0. The summed E-state index contributed by atoms with van der Waals surface area (Å²) in [4.78, 5) is -0.382. The molecule has 0 amide bonds. The quantitative estimate of drug-likeness (QED) is 0.862. The number of ether oxygens (including phenoxy) is 1. The smallest absolute Gasteiger partial charge is 0.240 e. The minimum atomic E-state index is -3.99. The molecule has 5 nitrogen and oxygen atoms in total. The minimum Gasteiger partial charge on any atom is -0.388 e. The molecule has 1 aliphatic rings. The van der Waals surface area contributed by atoms with E-state index in [1.54, 1.807) is 0 Å². The Hall–Kier alpha value is -1.09. The molecular formula is C12H15F2NO4S. The third-order valence-electron chi connectivity index (χ3n) is 3.22. The molecule has 0 aromatic heterocycles. The van der Waals surface area contributed by atoms with E-state index in [-0.39, 0.29) is 11.4 Å². The van der Waals surface area contributed by atoms with Crippen LogP contribution in [0.5, 0.6) is 0 Å². The van der Waals surface area contributed by atoms with Crippen molar-refractivity contribution in [2.75, 3.05) is 19.8 Å². The van der Waals surface area contributed by atoms with Gasteiger partial charge in [-0.15, -0.1) is 0 Å². The van der Waals surface area contributed by atoms with Gasteiger partial charge in [-0.1, -0.05) is 0 Å². The maximum absolute atomic E-state index is 13.0. The highest BCUT2D eigenvalue weighted by atomic mass is 32.2. The summed E-state index contributed by atoms with van der Waals surface area (Å²) < 4.78 is 57.0. The molecule has 1 fully saturated rings. The van der Waals surface area contributed by atoms with E-state index < -0.39 is 27.3 Å². The van der Waals surface area contributed by atoms with Crippen molar-refractivity contribution in [3.63, 3.8) is 0 Å². The molecule has 0 saturated carbocycles. The maximum Gasteiger partial charge on any atom is 0.240 e. The lowest BCUT2D eigenvalue weighted by Gasteiger charge is -2.31. The van der Waals surface area contributed by atoms with Gasteiger partial charge in [-0.2, -0.15) is 0 Å². The van der Waals surface area contributed by atoms with E-state index in [1.165, 1.54) is 0 Å². The van der Waals surface area contributed by atoms with Gasteiger partial charge in [-0.25, -0.2) is 21.9 Å². The zero-order valence-corrected chi connectivity index (χ0v) is 11.4. The lowest BCUT2D eigenvalue weighted by Crippen LogP contribution is -2.46. The molecule has 1 saturated heterocycles. The van der Waals surface area contributed by atoms with Crippen molar-refractivity contribution >= 4 is 10.0 Å². The van der Waals surface area contributed by atoms with E-state index in [2.05, 4.69) is 4.72 Å². The molecule has 0 radical (unpaired) electrons. The Kier molecular flexibility index (Phi) is 4.38. The van der Waals surface area contributed by atoms with E-state index in [4.69, 9.17) is 4.74 Å². The van der Waals surface area contributed by atoms with Crippen LogP contribution in [-0.4, -0.2) is 38.9 Å². The largest absolute Gasteiger partial charge is 0.388 e. The molecule has 0 bridgehead atoms. The van der Waals surface area contributed by atoms with Gasteiger partial charge in [0.1, 0.15) is 0 Å². The Morgan fingerprint density at radius 2 is 1.90 bits per heavy atom. The normalized spacial score (nSPS) is 18.9. The molecule has 1 heterocycles. The van der Waals surface area contributed by atoms with Crippen molar-refractivity contribution in [1.29, 1.82) is 0 Å². The summed E-state index contributed by atoms with van der Waals surface area (Å²) in [5, 5.41) is 10.1. The van der Waals surface area contributed by atoms with Crippen LogP contribution in [0.25, 0.3) is 0 Å². The molecule has 0 unspecified atom stereocenters. The van der Waals surface area contributed by atoms with Gasteiger partial charge in [-0.05, 0) is 18.2 Å². The van der Waals surface area contributed by atoms with Gasteiger partial charge in [0.25, 0.3) is 0 Å². The average molecular weight is 307 g/mol. The number of rotatable bonds is 4. The molecule has 0 spiro atoms. The first kappa shape index (κ1) is 15.3. The summed E-state index contributed by atoms with van der Waals surface area (Å²) in [6.07, 6.45) is 0.626. The number of hydrogen-bond donors (Lipinski definition) is 2. The Bertz CT molecular complexity index is 585. The van der Waals surface area contributed by atoms with Crippen molar-refractivity contribution in [1.82, 2.24) is 4.72 Å². The summed E-state index contributed by atoms with van der Waals surface area (Å²) in [7, 11) is -3.99. The summed E-state index contributed by atoms with van der Waals surface area (Å²) in [5.74, 6) is -2.36. The second kappa shape index (κ2) is 5.72. The number of hydrogen-bond acceptors (Lipinski definition) is 4. The van der Waals surface area contributed by atoms with Crippen LogP contribution in [0.1, 0.15) is 12.8 Å². The maximum atomic E-state index is 13.0. The van der Waals surface area contributed by atoms with E-state index >= 15 is 0 Å². The molecule has 2 N–H and O–H groups in total. The first-order valence-electron chi connectivity index (χ1n) is 6.07. The van der Waals surface area contributed by atoms with Gasteiger partial charge < -0.3 is 9.84 Å². The first-order chi connectivity index (χ1) is 9.32. The fourth-order valence-electron chi connectivity index (χ4n) is 1.88. The Morgan fingerprint density at radius 3 is 2.50 bits per heavy atom. The predicted octanol–water partition coefficient (Wildman–Crippen LogP) is 0.785. The van der Waals surface area contributed by atoms with Crippen molar-refractivity contribution in [3.8, 4) is 0 Å². The molecular weight excluding hydrogens is 292 g/mol. The van der Waals surface area contributed by atoms with Crippen molar-refractivity contribution < 1.29 is 27.0 Å². The summed E-state index contributed by atoms with van der Waals surface area (Å²) in [6.45, 7) is 0.504. The monoisotopic (exact) mass is 307 g/mol. The van der Waals surface area contributed by atoms with Crippen molar-refractivity contribution in [3.05, 3.63) is 29.8 Å². The highest BCUT2D eigenvalue weighted by Crippen LogP contribution is 2.20. The van der Waals surface area contributed by atoms with Crippen LogP contribution in [0.2, 0.25) is 0 Å². The number of aliphatic hydroxyl groups is 1. The van der Waals surface area contributed by atoms with E-state index in [0.29, 0.717) is 32.1 Å². The first-order valence-corrected chi connectivity index (χ1v) is 7.56. The molecule has 8 heteroatoms. The van der Waals surface area contributed by atoms with E-state index in [9.17, 15) is 22.3 Å². The molecule has 112 valence electrons. The number of sulfonamides is 1. The van der Waals surface area contributed by atoms with Gasteiger partial charge in [0.15, 0.2) is 11.6 Å². The highest BCUT2D eigenvalue weighted by Gasteiger charge is 2.31. The molecule has 2 rings (SSSR count). The van der Waals surface area contributed by atoms with E-state index in [0.717, 1.165) is 12.1 Å². The van der Waals surface area contributed by atoms with Crippen LogP contribution >= 0.6 is 0 Å². The molecule has 1 aromatic carbocycles. The third kappa shape index (κ3) is 3.51. The number of halogens is 2. The molecule has 1 aromatic rings. The molecule has 20 heavy (non-hydrogen) atoms. The zero-order valence-electron chi connectivity index (χ0n) is 10.6. The van der Waals surface area contributed by atoms with Crippen LogP contribution in [0.15, 0.2) is 23.1 Å².